The van der Waals surface area contributed by atoms with Gasteiger partial charge in [0.2, 0.25) is 0 Å². The summed E-state index contributed by atoms with van der Waals surface area (Å²) in [5.74, 6) is 1.34. The van der Waals surface area contributed by atoms with Crippen LogP contribution >= 0.6 is 11.6 Å². The number of hydrogen-bond acceptors (Lipinski definition) is 3. The highest BCUT2D eigenvalue weighted by Gasteiger charge is 2.20. The fourth-order valence-electron chi connectivity index (χ4n) is 3.66. The summed E-state index contributed by atoms with van der Waals surface area (Å²) in [6.45, 7) is 4.41. The molecule has 0 saturated carbocycles. The minimum atomic E-state index is -0.377. The van der Waals surface area contributed by atoms with Gasteiger partial charge in [0.1, 0.15) is 11.5 Å². The Morgan fingerprint density at radius 3 is 2.71 bits per heavy atom. The molecule has 1 aliphatic carbocycles. The molecular formula is C22H21ClN2O3. The molecule has 1 aromatic heterocycles. The average Bonchev–Trinajstić information content (AvgIpc) is 3.15. The van der Waals surface area contributed by atoms with Gasteiger partial charge in [-0.2, -0.15) is 0 Å². The molecule has 0 amide bonds. The number of hydrogen-bond donors (Lipinski definition) is 1. The Hall–Kier alpha value is -2.79. The van der Waals surface area contributed by atoms with Gasteiger partial charge in [0.05, 0.1) is 11.6 Å². The van der Waals surface area contributed by atoms with Gasteiger partial charge in [0.25, 0.3) is 5.56 Å². The molecule has 2 aromatic carbocycles. The van der Waals surface area contributed by atoms with Gasteiger partial charge >= 0.3 is 5.69 Å². The molecule has 0 atom stereocenters. The van der Waals surface area contributed by atoms with E-state index in [-0.39, 0.29) is 11.2 Å². The molecule has 1 heterocycles. The molecule has 1 aliphatic rings. The number of nitrogens with one attached hydrogen (secondary N) is 1. The number of H-pyrrole nitrogens is 1. The first-order valence-corrected chi connectivity index (χ1v) is 9.69. The van der Waals surface area contributed by atoms with Gasteiger partial charge in [-0.05, 0) is 68.0 Å². The normalized spacial score (nSPS) is 12.8. The van der Waals surface area contributed by atoms with Crippen LogP contribution in [-0.4, -0.2) is 9.55 Å². The Morgan fingerprint density at radius 2 is 1.93 bits per heavy atom. The van der Waals surface area contributed by atoms with Crippen LogP contribution in [0.5, 0.6) is 11.5 Å². The first kappa shape index (κ1) is 18.6. The van der Waals surface area contributed by atoms with Crippen molar-refractivity contribution in [3.63, 3.8) is 0 Å². The van der Waals surface area contributed by atoms with E-state index in [2.05, 4.69) is 4.98 Å². The number of ether oxygens (including phenoxy) is 1. The van der Waals surface area contributed by atoms with Crippen molar-refractivity contribution in [1.29, 1.82) is 0 Å². The van der Waals surface area contributed by atoms with Gasteiger partial charge < -0.3 is 4.74 Å². The molecule has 144 valence electrons. The van der Waals surface area contributed by atoms with Gasteiger partial charge in [0.15, 0.2) is 0 Å². The number of aryl methyl sites for hydroxylation is 1. The van der Waals surface area contributed by atoms with Gasteiger partial charge in [-0.15, -0.1) is 0 Å². The van der Waals surface area contributed by atoms with Crippen LogP contribution in [0.4, 0.5) is 0 Å². The second-order valence-electron chi connectivity index (χ2n) is 7.19. The summed E-state index contributed by atoms with van der Waals surface area (Å²) in [6.07, 6.45) is 2.36. The van der Waals surface area contributed by atoms with E-state index in [0.29, 0.717) is 23.7 Å². The van der Waals surface area contributed by atoms with Crippen molar-refractivity contribution in [2.24, 2.45) is 0 Å². The quantitative estimate of drug-likeness (QED) is 0.721. The third-order valence-electron chi connectivity index (χ3n) is 5.37. The summed E-state index contributed by atoms with van der Waals surface area (Å²) < 4.78 is 7.63. The molecule has 5 nitrogen and oxygen atoms in total. The zero-order valence-corrected chi connectivity index (χ0v) is 16.6. The Balaban J connectivity index is 1.63. The lowest BCUT2D eigenvalue weighted by molar-refractivity contribution is 0.478. The SMILES string of the molecule is Cc1cccc(Oc2ccc(Cn3c4c(c(=O)[nH]c3=O)CCC4)cc2Cl)c1C. The second kappa shape index (κ2) is 7.32. The highest BCUT2D eigenvalue weighted by Crippen LogP contribution is 2.33. The van der Waals surface area contributed by atoms with Crippen LogP contribution in [0.2, 0.25) is 5.02 Å². The number of nitrogens with zero attached hydrogens (tertiary/aromatic N) is 1. The average molecular weight is 397 g/mol. The molecule has 3 aromatic rings. The topological polar surface area (TPSA) is 64.1 Å². The first-order valence-electron chi connectivity index (χ1n) is 9.31. The zero-order valence-electron chi connectivity index (χ0n) is 15.8. The summed E-state index contributed by atoms with van der Waals surface area (Å²) in [5, 5.41) is 0.479. The Labute approximate surface area is 167 Å². The largest absolute Gasteiger partial charge is 0.456 e. The molecule has 1 N–H and O–H groups in total. The molecular weight excluding hydrogens is 376 g/mol. The van der Waals surface area contributed by atoms with E-state index >= 15 is 0 Å². The third-order valence-corrected chi connectivity index (χ3v) is 5.66. The van der Waals surface area contributed by atoms with Crippen LogP contribution in [0, 0.1) is 13.8 Å². The van der Waals surface area contributed by atoms with Crippen LogP contribution in [0.15, 0.2) is 46.0 Å². The molecule has 0 bridgehead atoms. The fourth-order valence-corrected chi connectivity index (χ4v) is 3.90. The smallest absolute Gasteiger partial charge is 0.328 e. The first-order chi connectivity index (χ1) is 13.4. The van der Waals surface area contributed by atoms with E-state index in [1.54, 1.807) is 10.6 Å². The minimum absolute atomic E-state index is 0.260. The Kier molecular flexibility index (Phi) is 4.85. The predicted molar refractivity (Wildman–Crippen MR) is 110 cm³/mol. The van der Waals surface area contributed by atoms with Crippen molar-refractivity contribution in [2.45, 2.75) is 39.7 Å². The maximum absolute atomic E-state index is 12.3. The van der Waals surface area contributed by atoms with Crippen LogP contribution in [-0.2, 0) is 19.4 Å². The second-order valence-corrected chi connectivity index (χ2v) is 7.60. The van der Waals surface area contributed by atoms with Gasteiger partial charge in [-0.3, -0.25) is 14.3 Å². The molecule has 0 spiro atoms. The lowest BCUT2D eigenvalue weighted by Crippen LogP contribution is -2.34. The van der Waals surface area contributed by atoms with Crippen molar-refractivity contribution < 1.29 is 4.74 Å². The van der Waals surface area contributed by atoms with Crippen LogP contribution in [0.1, 0.15) is 34.4 Å². The van der Waals surface area contributed by atoms with Crippen molar-refractivity contribution in [2.75, 3.05) is 0 Å². The summed E-state index contributed by atoms with van der Waals surface area (Å²) in [6, 6.07) is 11.4. The number of fused-ring (bicyclic) bond motifs is 1. The summed E-state index contributed by atoms with van der Waals surface area (Å²) >= 11 is 6.45. The molecule has 28 heavy (non-hydrogen) atoms. The van der Waals surface area contributed by atoms with Gasteiger partial charge in [-0.25, -0.2) is 4.79 Å². The molecule has 0 saturated heterocycles. The Morgan fingerprint density at radius 1 is 1.11 bits per heavy atom. The van der Waals surface area contributed by atoms with Crippen molar-refractivity contribution in [3.05, 3.63) is 90.2 Å². The lowest BCUT2D eigenvalue weighted by Gasteiger charge is -2.14. The van der Waals surface area contributed by atoms with Crippen molar-refractivity contribution >= 4 is 11.6 Å². The number of benzene rings is 2. The maximum atomic E-state index is 12.3. The molecule has 0 unspecified atom stereocenters. The van der Waals surface area contributed by atoms with E-state index in [0.717, 1.165) is 46.5 Å². The van der Waals surface area contributed by atoms with Crippen LogP contribution < -0.4 is 16.0 Å². The Bertz CT molecular complexity index is 1180. The van der Waals surface area contributed by atoms with Gasteiger partial charge in [-0.1, -0.05) is 29.8 Å². The van der Waals surface area contributed by atoms with E-state index in [9.17, 15) is 9.59 Å². The predicted octanol–water partition coefficient (Wildman–Crippen LogP) is 4.14. The van der Waals surface area contributed by atoms with Crippen LogP contribution in [0.3, 0.4) is 0 Å². The summed E-state index contributed by atoms with van der Waals surface area (Å²) in [4.78, 5) is 26.7. The maximum Gasteiger partial charge on any atom is 0.328 e. The minimum Gasteiger partial charge on any atom is -0.456 e. The molecule has 0 fully saturated rings. The number of halogens is 1. The molecule has 0 radical (unpaired) electrons. The fraction of sp³-hybridized carbons (Fsp3) is 0.273. The summed E-state index contributed by atoms with van der Waals surface area (Å²) in [7, 11) is 0. The van der Waals surface area contributed by atoms with E-state index in [1.807, 2.05) is 44.2 Å². The number of aromatic nitrogens is 2. The number of rotatable bonds is 4. The third kappa shape index (κ3) is 3.38. The highest BCUT2D eigenvalue weighted by molar-refractivity contribution is 6.32. The molecule has 4 rings (SSSR count). The standard InChI is InChI=1S/C22H21ClN2O3/c1-13-5-3-8-19(14(13)2)28-20-10-9-15(11-17(20)23)12-25-18-7-4-6-16(18)21(26)24-22(25)27/h3,5,8-11H,4,6-7,12H2,1-2H3,(H,24,26,27). The summed E-state index contributed by atoms with van der Waals surface area (Å²) in [5.41, 5.74) is 4.01. The molecule has 6 heteroatoms. The lowest BCUT2D eigenvalue weighted by atomic mass is 10.1. The highest BCUT2D eigenvalue weighted by atomic mass is 35.5. The monoisotopic (exact) mass is 396 g/mol. The van der Waals surface area contributed by atoms with Crippen molar-refractivity contribution in [3.8, 4) is 11.5 Å². The van der Waals surface area contributed by atoms with E-state index in [4.69, 9.17) is 16.3 Å². The van der Waals surface area contributed by atoms with E-state index in [1.165, 1.54) is 0 Å². The number of aromatic amines is 1. The van der Waals surface area contributed by atoms with Crippen molar-refractivity contribution in [1.82, 2.24) is 9.55 Å². The van der Waals surface area contributed by atoms with E-state index < -0.39 is 0 Å². The van der Waals surface area contributed by atoms with Crippen LogP contribution in [0.25, 0.3) is 0 Å². The van der Waals surface area contributed by atoms with Gasteiger partial charge in [0, 0.05) is 11.3 Å². The molecule has 0 aliphatic heterocycles. The zero-order chi connectivity index (χ0) is 19.8.